The Morgan fingerprint density at radius 1 is 1.29 bits per heavy atom. The van der Waals surface area contributed by atoms with Gasteiger partial charge < -0.3 is 15.5 Å². The third-order valence-corrected chi connectivity index (χ3v) is 7.03. The highest BCUT2D eigenvalue weighted by Gasteiger charge is 2.44. The lowest BCUT2D eigenvalue weighted by Gasteiger charge is -2.41. The summed E-state index contributed by atoms with van der Waals surface area (Å²) in [6, 6.07) is 3.58. The van der Waals surface area contributed by atoms with Crippen LogP contribution in [0.3, 0.4) is 0 Å². The number of rotatable bonds is 7. The molecule has 28 heavy (non-hydrogen) atoms. The van der Waals surface area contributed by atoms with Crippen molar-refractivity contribution in [3.63, 3.8) is 0 Å². The zero-order chi connectivity index (χ0) is 20.1. The molecule has 3 amide bonds. The molecule has 7 heteroatoms. The summed E-state index contributed by atoms with van der Waals surface area (Å²) in [5, 5.41) is 7.95. The van der Waals surface area contributed by atoms with Crippen LogP contribution in [0.25, 0.3) is 0 Å². The Kier molecular flexibility index (Phi) is 6.75. The molecule has 1 saturated heterocycles. The lowest BCUT2D eigenvalue weighted by Crippen LogP contribution is -2.62. The van der Waals surface area contributed by atoms with Gasteiger partial charge in [-0.1, -0.05) is 32.3 Å². The zero-order valence-corrected chi connectivity index (χ0v) is 17.6. The van der Waals surface area contributed by atoms with Crippen molar-refractivity contribution in [3.8, 4) is 0 Å². The van der Waals surface area contributed by atoms with E-state index in [1.165, 1.54) is 6.42 Å². The fraction of sp³-hybridized carbons (Fsp3) is 0.667. The van der Waals surface area contributed by atoms with E-state index in [2.05, 4.69) is 10.6 Å². The van der Waals surface area contributed by atoms with E-state index < -0.39 is 11.6 Å². The second-order valence-electron chi connectivity index (χ2n) is 8.10. The molecule has 1 aromatic rings. The van der Waals surface area contributed by atoms with Crippen molar-refractivity contribution in [2.45, 2.75) is 89.4 Å². The Hall–Kier alpha value is -1.89. The van der Waals surface area contributed by atoms with Crippen LogP contribution in [-0.2, 0) is 20.9 Å². The Morgan fingerprint density at radius 2 is 2.04 bits per heavy atom. The van der Waals surface area contributed by atoms with Crippen molar-refractivity contribution in [1.29, 1.82) is 0 Å². The predicted molar refractivity (Wildman–Crippen MR) is 110 cm³/mol. The first-order chi connectivity index (χ1) is 13.4. The second-order valence-corrected chi connectivity index (χ2v) is 9.13. The molecule has 2 heterocycles. The average molecular weight is 406 g/mol. The lowest BCUT2D eigenvalue weighted by molar-refractivity contribution is -0.150. The van der Waals surface area contributed by atoms with E-state index in [1.807, 2.05) is 31.4 Å². The Labute approximate surface area is 171 Å². The van der Waals surface area contributed by atoms with Crippen LogP contribution in [0.1, 0.15) is 70.1 Å². The van der Waals surface area contributed by atoms with Crippen LogP contribution < -0.4 is 10.6 Å². The van der Waals surface area contributed by atoms with Crippen LogP contribution in [0.2, 0.25) is 0 Å². The Bertz CT molecular complexity index is 700. The molecule has 1 aliphatic carbocycles. The molecular weight excluding hydrogens is 374 g/mol. The number of nitrogens with zero attached hydrogens (tertiary/aromatic N) is 1. The molecule has 2 N–H and O–H groups in total. The summed E-state index contributed by atoms with van der Waals surface area (Å²) in [4.78, 5) is 41.1. The first-order valence-corrected chi connectivity index (χ1v) is 11.3. The molecule has 154 valence electrons. The quantitative estimate of drug-likeness (QED) is 0.732. The number of nitrogens with one attached hydrogen (secondary N) is 2. The number of carbonyl (C=O) groups excluding carboxylic acids is 3. The summed E-state index contributed by atoms with van der Waals surface area (Å²) in [7, 11) is 0. The van der Waals surface area contributed by atoms with Crippen molar-refractivity contribution in [2.24, 2.45) is 0 Å². The van der Waals surface area contributed by atoms with E-state index in [9.17, 15) is 14.4 Å². The van der Waals surface area contributed by atoms with Crippen LogP contribution in [0.5, 0.6) is 0 Å². The molecule has 2 fully saturated rings. The Morgan fingerprint density at radius 3 is 2.61 bits per heavy atom. The van der Waals surface area contributed by atoms with Crippen LogP contribution >= 0.6 is 11.3 Å². The van der Waals surface area contributed by atoms with Gasteiger partial charge in [-0.25, -0.2) is 0 Å². The van der Waals surface area contributed by atoms with E-state index in [1.54, 1.807) is 16.2 Å². The minimum absolute atomic E-state index is 0.0869. The summed E-state index contributed by atoms with van der Waals surface area (Å²) < 4.78 is 0. The summed E-state index contributed by atoms with van der Waals surface area (Å²) in [6.45, 7) is 4.18. The fourth-order valence-electron chi connectivity index (χ4n) is 4.10. The van der Waals surface area contributed by atoms with Crippen molar-refractivity contribution in [1.82, 2.24) is 15.5 Å². The van der Waals surface area contributed by atoms with Crippen molar-refractivity contribution < 1.29 is 14.4 Å². The van der Waals surface area contributed by atoms with Gasteiger partial charge in [-0.05, 0) is 44.1 Å². The van der Waals surface area contributed by atoms with Gasteiger partial charge >= 0.3 is 0 Å². The van der Waals surface area contributed by atoms with Gasteiger partial charge in [-0.15, -0.1) is 11.3 Å². The highest BCUT2D eigenvalue weighted by atomic mass is 32.1. The zero-order valence-electron chi connectivity index (χ0n) is 16.8. The molecule has 6 nitrogen and oxygen atoms in total. The highest BCUT2D eigenvalue weighted by molar-refractivity contribution is 7.09. The molecule has 1 aliphatic heterocycles. The summed E-state index contributed by atoms with van der Waals surface area (Å²) in [6.07, 6.45) is 6.87. The van der Waals surface area contributed by atoms with Crippen LogP contribution in [0.4, 0.5) is 0 Å². The minimum Gasteiger partial charge on any atom is -0.351 e. The standard InChI is InChI=1S/C21H31N3O3S/c1-3-21(2,20(27)22-15-8-5-4-6-9-15)24(14-16-10-7-13-28-16)19(26)17-11-12-18(25)23-17/h7,10,13,15,17H,3-6,8-9,11-12,14H2,1-2H3,(H,22,27)(H,23,25)/t17-,21-/m0/s1. The van der Waals surface area contributed by atoms with E-state index in [-0.39, 0.29) is 23.8 Å². The molecular formula is C21H31N3O3S. The topological polar surface area (TPSA) is 78.5 Å². The number of thiophene rings is 1. The number of hydrogen-bond donors (Lipinski definition) is 2. The van der Waals surface area contributed by atoms with Gasteiger partial charge in [0.15, 0.2) is 0 Å². The van der Waals surface area contributed by atoms with Gasteiger partial charge in [-0.3, -0.25) is 14.4 Å². The minimum atomic E-state index is -0.953. The third kappa shape index (κ3) is 4.57. The first-order valence-electron chi connectivity index (χ1n) is 10.4. The molecule has 0 radical (unpaired) electrons. The summed E-state index contributed by atoms with van der Waals surface area (Å²) in [5.41, 5.74) is -0.953. The summed E-state index contributed by atoms with van der Waals surface area (Å²) in [5.74, 6) is -0.349. The van der Waals surface area contributed by atoms with Gasteiger partial charge in [0, 0.05) is 17.3 Å². The highest BCUT2D eigenvalue weighted by Crippen LogP contribution is 2.28. The molecule has 0 spiro atoms. The van der Waals surface area contributed by atoms with E-state index in [4.69, 9.17) is 0 Å². The normalized spacial score (nSPS) is 22.4. The van der Waals surface area contributed by atoms with Gasteiger partial charge in [0.25, 0.3) is 0 Å². The van der Waals surface area contributed by atoms with E-state index >= 15 is 0 Å². The Balaban J connectivity index is 1.82. The molecule has 1 saturated carbocycles. The molecule has 1 aromatic heterocycles. The largest absolute Gasteiger partial charge is 0.351 e. The maximum absolute atomic E-state index is 13.4. The monoisotopic (exact) mass is 405 g/mol. The van der Waals surface area contributed by atoms with Crippen molar-refractivity contribution in [3.05, 3.63) is 22.4 Å². The number of carbonyl (C=O) groups is 3. The molecule has 2 atom stereocenters. The molecule has 0 bridgehead atoms. The van der Waals surface area contributed by atoms with Gasteiger partial charge in [0.05, 0.1) is 6.54 Å². The predicted octanol–water partition coefficient (Wildman–Crippen LogP) is 2.97. The van der Waals surface area contributed by atoms with Crippen molar-refractivity contribution >= 4 is 29.1 Å². The maximum atomic E-state index is 13.4. The summed E-state index contributed by atoms with van der Waals surface area (Å²) >= 11 is 1.57. The van der Waals surface area contributed by atoms with Crippen LogP contribution in [-0.4, -0.2) is 40.2 Å². The molecule has 2 aliphatic rings. The molecule has 0 aromatic carbocycles. The van der Waals surface area contributed by atoms with E-state index in [0.717, 1.165) is 30.6 Å². The number of amides is 3. The molecule has 0 unspecified atom stereocenters. The van der Waals surface area contributed by atoms with E-state index in [0.29, 0.717) is 25.8 Å². The van der Waals surface area contributed by atoms with Gasteiger partial charge in [0.1, 0.15) is 11.6 Å². The van der Waals surface area contributed by atoms with Gasteiger partial charge in [0.2, 0.25) is 17.7 Å². The molecule has 3 rings (SSSR count). The van der Waals surface area contributed by atoms with Crippen LogP contribution in [0.15, 0.2) is 17.5 Å². The fourth-order valence-corrected chi connectivity index (χ4v) is 4.80. The van der Waals surface area contributed by atoms with Crippen molar-refractivity contribution in [2.75, 3.05) is 0 Å². The lowest BCUT2D eigenvalue weighted by atomic mass is 9.90. The van der Waals surface area contributed by atoms with Gasteiger partial charge in [-0.2, -0.15) is 0 Å². The average Bonchev–Trinajstić information content (AvgIpc) is 3.37. The second kappa shape index (κ2) is 9.07. The number of hydrogen-bond acceptors (Lipinski definition) is 4. The first kappa shape index (κ1) is 20.8. The third-order valence-electron chi connectivity index (χ3n) is 6.17. The van der Waals surface area contributed by atoms with Crippen LogP contribution in [0, 0.1) is 0 Å². The smallest absolute Gasteiger partial charge is 0.246 e. The SMILES string of the molecule is CC[C@@](C)(C(=O)NC1CCCCC1)N(Cc1cccs1)C(=O)[C@@H]1CCC(=O)N1. The maximum Gasteiger partial charge on any atom is 0.246 e.